The van der Waals surface area contributed by atoms with Gasteiger partial charge < -0.3 is 20.9 Å². The maximum atomic E-state index is 11.9. The molecule has 0 heterocycles. The number of carbonyl (C=O) groups is 1. The second-order valence-corrected chi connectivity index (χ2v) is 4.18. The summed E-state index contributed by atoms with van der Waals surface area (Å²) >= 11 is 0. The summed E-state index contributed by atoms with van der Waals surface area (Å²) in [5.74, 6) is -0.264. The van der Waals surface area contributed by atoms with Crippen molar-refractivity contribution in [3.05, 3.63) is 35.9 Å². The molecule has 1 amide bonds. The molecular formula is C13H20N2O3. The van der Waals surface area contributed by atoms with Crippen molar-refractivity contribution in [1.82, 2.24) is 5.32 Å². The van der Waals surface area contributed by atoms with E-state index in [2.05, 4.69) is 5.32 Å². The number of aliphatic hydroxyl groups is 1. The summed E-state index contributed by atoms with van der Waals surface area (Å²) < 4.78 is 5.18. The van der Waals surface area contributed by atoms with Crippen LogP contribution in [0.2, 0.25) is 0 Å². The van der Waals surface area contributed by atoms with E-state index in [9.17, 15) is 9.90 Å². The minimum Gasteiger partial charge on any atom is -0.392 e. The maximum absolute atomic E-state index is 11.9. The predicted molar refractivity (Wildman–Crippen MR) is 68.9 cm³/mol. The SMILES string of the molecule is COC(C(=O)NCC(N)C(C)O)c1ccccc1. The molecule has 0 spiro atoms. The molecule has 0 saturated carbocycles. The van der Waals surface area contributed by atoms with Crippen LogP contribution < -0.4 is 11.1 Å². The van der Waals surface area contributed by atoms with E-state index in [4.69, 9.17) is 10.5 Å². The van der Waals surface area contributed by atoms with E-state index in [1.807, 2.05) is 30.3 Å². The average Bonchev–Trinajstić information content (AvgIpc) is 2.38. The number of ether oxygens (including phenoxy) is 1. The highest BCUT2D eigenvalue weighted by atomic mass is 16.5. The Kier molecular flexibility index (Phi) is 5.77. The molecule has 1 aromatic carbocycles. The number of amides is 1. The lowest BCUT2D eigenvalue weighted by atomic mass is 10.1. The highest BCUT2D eigenvalue weighted by molar-refractivity contribution is 5.82. The molecule has 1 aromatic rings. The van der Waals surface area contributed by atoms with E-state index in [1.165, 1.54) is 7.11 Å². The molecule has 18 heavy (non-hydrogen) atoms. The quantitative estimate of drug-likeness (QED) is 0.675. The van der Waals surface area contributed by atoms with Gasteiger partial charge in [0.05, 0.1) is 6.10 Å². The Morgan fingerprint density at radius 3 is 2.56 bits per heavy atom. The molecule has 0 saturated heterocycles. The highest BCUT2D eigenvalue weighted by Gasteiger charge is 2.20. The summed E-state index contributed by atoms with van der Waals surface area (Å²) in [6.07, 6.45) is -1.32. The van der Waals surface area contributed by atoms with Gasteiger partial charge in [0.15, 0.2) is 6.10 Å². The first-order valence-electron chi connectivity index (χ1n) is 5.85. The van der Waals surface area contributed by atoms with E-state index < -0.39 is 18.2 Å². The van der Waals surface area contributed by atoms with E-state index in [0.717, 1.165) is 5.56 Å². The van der Waals surface area contributed by atoms with Crippen molar-refractivity contribution < 1.29 is 14.6 Å². The number of rotatable bonds is 6. The third-order valence-electron chi connectivity index (χ3n) is 2.71. The van der Waals surface area contributed by atoms with Crippen LogP contribution in [0.25, 0.3) is 0 Å². The molecule has 0 aliphatic rings. The van der Waals surface area contributed by atoms with Gasteiger partial charge in [-0.05, 0) is 12.5 Å². The number of hydrogen-bond donors (Lipinski definition) is 3. The zero-order valence-corrected chi connectivity index (χ0v) is 10.7. The topological polar surface area (TPSA) is 84.6 Å². The van der Waals surface area contributed by atoms with Gasteiger partial charge in [0.2, 0.25) is 0 Å². The first kappa shape index (κ1) is 14.6. The first-order chi connectivity index (χ1) is 8.56. The average molecular weight is 252 g/mol. The summed E-state index contributed by atoms with van der Waals surface area (Å²) in [5, 5.41) is 11.9. The van der Waals surface area contributed by atoms with Crippen molar-refractivity contribution >= 4 is 5.91 Å². The molecule has 0 fully saturated rings. The Balaban J connectivity index is 2.59. The molecule has 0 aliphatic carbocycles. The van der Waals surface area contributed by atoms with Crippen molar-refractivity contribution in [3.8, 4) is 0 Å². The summed E-state index contributed by atoms with van der Waals surface area (Å²) in [4.78, 5) is 11.9. The number of benzene rings is 1. The van der Waals surface area contributed by atoms with Gasteiger partial charge in [-0.25, -0.2) is 0 Å². The van der Waals surface area contributed by atoms with Crippen LogP contribution >= 0.6 is 0 Å². The maximum Gasteiger partial charge on any atom is 0.253 e. The van der Waals surface area contributed by atoms with Crippen LogP contribution in [0, 0.1) is 0 Å². The van der Waals surface area contributed by atoms with E-state index in [0.29, 0.717) is 0 Å². The van der Waals surface area contributed by atoms with Crippen molar-refractivity contribution in [2.45, 2.75) is 25.2 Å². The number of nitrogens with two attached hydrogens (primary N) is 1. The fourth-order valence-electron chi connectivity index (χ4n) is 1.50. The lowest BCUT2D eigenvalue weighted by molar-refractivity contribution is -0.131. The summed E-state index contributed by atoms with van der Waals surface area (Å²) in [7, 11) is 1.48. The monoisotopic (exact) mass is 252 g/mol. The van der Waals surface area contributed by atoms with Gasteiger partial charge in [0, 0.05) is 19.7 Å². The molecule has 5 nitrogen and oxygen atoms in total. The highest BCUT2D eigenvalue weighted by Crippen LogP contribution is 2.15. The Bertz CT molecular complexity index is 368. The van der Waals surface area contributed by atoms with Gasteiger partial charge in [-0.15, -0.1) is 0 Å². The van der Waals surface area contributed by atoms with Crippen LogP contribution in [0.3, 0.4) is 0 Å². The van der Waals surface area contributed by atoms with Crippen molar-refractivity contribution in [1.29, 1.82) is 0 Å². The molecule has 0 radical (unpaired) electrons. The largest absolute Gasteiger partial charge is 0.392 e. The molecule has 3 atom stereocenters. The van der Waals surface area contributed by atoms with Gasteiger partial charge in [0.1, 0.15) is 0 Å². The summed E-state index contributed by atoms with van der Waals surface area (Å²) in [6, 6.07) is 8.72. The Hall–Kier alpha value is -1.43. The minimum atomic E-state index is -0.664. The van der Waals surface area contributed by atoms with Crippen molar-refractivity contribution in [3.63, 3.8) is 0 Å². The third kappa shape index (κ3) is 4.10. The molecule has 5 heteroatoms. The first-order valence-corrected chi connectivity index (χ1v) is 5.85. The smallest absolute Gasteiger partial charge is 0.253 e. The third-order valence-corrected chi connectivity index (χ3v) is 2.71. The van der Waals surface area contributed by atoms with Crippen LogP contribution in [-0.4, -0.2) is 36.8 Å². The van der Waals surface area contributed by atoms with Gasteiger partial charge >= 0.3 is 0 Å². The van der Waals surface area contributed by atoms with Gasteiger partial charge in [0.25, 0.3) is 5.91 Å². The zero-order valence-electron chi connectivity index (χ0n) is 10.7. The van der Waals surface area contributed by atoms with Gasteiger partial charge in [-0.1, -0.05) is 30.3 Å². The molecule has 0 bridgehead atoms. The van der Waals surface area contributed by atoms with Crippen LogP contribution in [0.5, 0.6) is 0 Å². The second-order valence-electron chi connectivity index (χ2n) is 4.18. The lowest BCUT2D eigenvalue weighted by Crippen LogP contribution is -2.45. The normalized spacial score (nSPS) is 15.8. The molecule has 100 valence electrons. The van der Waals surface area contributed by atoms with E-state index in [-0.39, 0.29) is 12.5 Å². The second kappa shape index (κ2) is 7.10. The van der Waals surface area contributed by atoms with Gasteiger partial charge in [-0.3, -0.25) is 4.79 Å². The minimum absolute atomic E-state index is 0.212. The number of aliphatic hydroxyl groups excluding tert-OH is 1. The van der Waals surface area contributed by atoms with Crippen LogP contribution in [0.15, 0.2) is 30.3 Å². The van der Waals surface area contributed by atoms with Crippen molar-refractivity contribution in [2.75, 3.05) is 13.7 Å². The predicted octanol–water partition coefficient (Wildman–Crippen LogP) is 0.198. The van der Waals surface area contributed by atoms with Gasteiger partial charge in [-0.2, -0.15) is 0 Å². The van der Waals surface area contributed by atoms with E-state index >= 15 is 0 Å². The fraction of sp³-hybridized carbons (Fsp3) is 0.462. The Morgan fingerprint density at radius 2 is 2.06 bits per heavy atom. The van der Waals surface area contributed by atoms with Crippen LogP contribution in [0.1, 0.15) is 18.6 Å². The molecule has 0 aliphatic heterocycles. The summed E-state index contributed by atoms with van der Waals surface area (Å²) in [5.41, 5.74) is 6.42. The molecule has 0 aromatic heterocycles. The lowest BCUT2D eigenvalue weighted by Gasteiger charge is -2.19. The fourth-order valence-corrected chi connectivity index (χ4v) is 1.50. The molecular weight excluding hydrogens is 232 g/mol. The number of hydrogen-bond acceptors (Lipinski definition) is 4. The Labute approximate surface area is 107 Å². The molecule has 4 N–H and O–H groups in total. The van der Waals surface area contributed by atoms with Crippen LogP contribution in [-0.2, 0) is 9.53 Å². The standard InChI is InChI=1S/C13H20N2O3/c1-9(16)11(14)8-15-13(17)12(18-2)10-6-4-3-5-7-10/h3-7,9,11-12,16H,8,14H2,1-2H3,(H,15,17). The van der Waals surface area contributed by atoms with Crippen LogP contribution in [0.4, 0.5) is 0 Å². The number of carbonyl (C=O) groups excluding carboxylic acids is 1. The number of nitrogens with one attached hydrogen (secondary N) is 1. The Morgan fingerprint density at radius 1 is 1.44 bits per heavy atom. The molecule has 1 rings (SSSR count). The number of methoxy groups -OCH3 is 1. The zero-order chi connectivity index (χ0) is 13.5. The van der Waals surface area contributed by atoms with E-state index in [1.54, 1.807) is 6.92 Å². The van der Waals surface area contributed by atoms with Crippen molar-refractivity contribution in [2.24, 2.45) is 5.73 Å². The molecule has 3 unspecified atom stereocenters. The summed E-state index contributed by atoms with van der Waals surface area (Å²) in [6.45, 7) is 1.80.